The Hall–Kier alpha value is -2.56. The Labute approximate surface area is 157 Å². The summed E-state index contributed by atoms with van der Waals surface area (Å²) < 4.78 is 0. The van der Waals surface area contributed by atoms with Crippen molar-refractivity contribution in [3.8, 4) is 0 Å². The number of rotatable bonds is 9. The molecule has 140 valence electrons. The van der Waals surface area contributed by atoms with Gasteiger partial charge in [0, 0.05) is 44.3 Å². The van der Waals surface area contributed by atoms with Gasteiger partial charge in [-0.15, -0.1) is 0 Å². The Kier molecular flexibility index (Phi) is 7.45. The average molecular weight is 354 g/mol. The van der Waals surface area contributed by atoms with Gasteiger partial charge in [0.05, 0.1) is 17.4 Å². The van der Waals surface area contributed by atoms with Gasteiger partial charge in [-0.05, 0) is 50.6 Å². The highest BCUT2D eigenvalue weighted by molar-refractivity contribution is 6.04. The van der Waals surface area contributed by atoms with E-state index in [9.17, 15) is 4.79 Å². The molecule has 0 fully saturated rings. The van der Waals surface area contributed by atoms with Crippen LogP contribution in [0.15, 0.2) is 42.7 Å². The van der Waals surface area contributed by atoms with Crippen LogP contribution in [0.1, 0.15) is 44.0 Å². The van der Waals surface area contributed by atoms with Crippen molar-refractivity contribution in [2.45, 2.75) is 33.6 Å². The molecule has 1 aromatic carbocycles. The second-order valence-corrected chi connectivity index (χ2v) is 6.38. The van der Waals surface area contributed by atoms with E-state index < -0.39 is 0 Å². The highest BCUT2D eigenvalue weighted by Crippen LogP contribution is 2.19. The van der Waals surface area contributed by atoms with Crippen LogP contribution in [-0.2, 0) is 0 Å². The lowest BCUT2D eigenvalue weighted by Crippen LogP contribution is -2.21. The Balaban J connectivity index is 2.05. The zero-order valence-electron chi connectivity index (χ0n) is 16.3. The Morgan fingerprint density at radius 2 is 1.73 bits per heavy atom. The number of amides is 1. The largest absolute Gasteiger partial charge is 0.373 e. The fourth-order valence-corrected chi connectivity index (χ4v) is 2.83. The van der Waals surface area contributed by atoms with E-state index in [1.54, 1.807) is 12.4 Å². The normalized spacial score (nSPS) is 10.5. The maximum absolute atomic E-state index is 12.6. The Bertz CT molecular complexity index is 695. The van der Waals surface area contributed by atoms with Crippen molar-refractivity contribution in [3.63, 3.8) is 0 Å². The molecular formula is C21H30N4O. The number of hydrogen-bond donors (Lipinski definition) is 1. The molecule has 5 heteroatoms. The third-order valence-corrected chi connectivity index (χ3v) is 4.53. The van der Waals surface area contributed by atoms with Gasteiger partial charge in [0.2, 0.25) is 0 Å². The van der Waals surface area contributed by atoms with Crippen LogP contribution in [0.2, 0.25) is 0 Å². The maximum atomic E-state index is 12.6. The van der Waals surface area contributed by atoms with Crippen LogP contribution in [0.3, 0.4) is 0 Å². The SMILES string of the molecule is CCCCN(C)c1cncc(C(=O)Nc2ccc(N(CC)CC)cc2)c1. The van der Waals surface area contributed by atoms with E-state index in [4.69, 9.17) is 0 Å². The smallest absolute Gasteiger partial charge is 0.257 e. The van der Waals surface area contributed by atoms with Crippen molar-refractivity contribution in [1.29, 1.82) is 0 Å². The number of aromatic nitrogens is 1. The summed E-state index contributed by atoms with van der Waals surface area (Å²) in [6.45, 7) is 9.32. The summed E-state index contributed by atoms with van der Waals surface area (Å²) in [4.78, 5) is 21.2. The number of pyridine rings is 1. The first-order valence-corrected chi connectivity index (χ1v) is 9.41. The molecule has 1 heterocycles. The van der Waals surface area contributed by atoms with E-state index in [0.717, 1.165) is 49.5 Å². The van der Waals surface area contributed by atoms with E-state index in [0.29, 0.717) is 5.56 Å². The number of benzene rings is 1. The number of nitrogens with one attached hydrogen (secondary N) is 1. The summed E-state index contributed by atoms with van der Waals surface area (Å²) in [5.74, 6) is -0.140. The Morgan fingerprint density at radius 1 is 1.04 bits per heavy atom. The van der Waals surface area contributed by atoms with Crippen molar-refractivity contribution in [3.05, 3.63) is 48.3 Å². The van der Waals surface area contributed by atoms with Crippen molar-refractivity contribution >= 4 is 23.0 Å². The highest BCUT2D eigenvalue weighted by Gasteiger charge is 2.10. The molecule has 0 saturated heterocycles. The Morgan fingerprint density at radius 3 is 2.35 bits per heavy atom. The van der Waals surface area contributed by atoms with E-state index >= 15 is 0 Å². The van der Waals surface area contributed by atoms with Crippen LogP contribution in [0.4, 0.5) is 17.1 Å². The lowest BCUT2D eigenvalue weighted by atomic mass is 10.2. The maximum Gasteiger partial charge on any atom is 0.257 e. The summed E-state index contributed by atoms with van der Waals surface area (Å²) >= 11 is 0. The zero-order chi connectivity index (χ0) is 18.9. The molecule has 1 aromatic heterocycles. The van der Waals surface area contributed by atoms with Gasteiger partial charge < -0.3 is 15.1 Å². The van der Waals surface area contributed by atoms with E-state index in [-0.39, 0.29) is 5.91 Å². The third-order valence-electron chi connectivity index (χ3n) is 4.53. The number of nitrogens with zero attached hydrogens (tertiary/aromatic N) is 3. The monoisotopic (exact) mass is 354 g/mol. The molecule has 1 N–H and O–H groups in total. The molecule has 0 aliphatic carbocycles. The topological polar surface area (TPSA) is 48.5 Å². The van der Waals surface area contributed by atoms with Crippen LogP contribution in [0, 0.1) is 0 Å². The molecule has 0 unspecified atom stereocenters. The van der Waals surface area contributed by atoms with Crippen LogP contribution in [-0.4, -0.2) is 37.6 Å². The predicted molar refractivity (Wildman–Crippen MR) is 110 cm³/mol. The van der Waals surface area contributed by atoms with Gasteiger partial charge in [-0.3, -0.25) is 9.78 Å². The molecule has 2 aromatic rings. The summed E-state index contributed by atoms with van der Waals surface area (Å²) in [5, 5.41) is 2.95. The summed E-state index contributed by atoms with van der Waals surface area (Å²) in [5.41, 5.74) is 3.48. The van der Waals surface area contributed by atoms with Gasteiger partial charge >= 0.3 is 0 Å². The lowest BCUT2D eigenvalue weighted by Gasteiger charge is -2.21. The highest BCUT2D eigenvalue weighted by atomic mass is 16.1. The van der Waals surface area contributed by atoms with Crippen molar-refractivity contribution in [2.24, 2.45) is 0 Å². The minimum absolute atomic E-state index is 0.140. The minimum Gasteiger partial charge on any atom is -0.373 e. The standard InChI is InChI=1S/C21H30N4O/c1-5-8-13-24(4)20-14-17(15-22-16-20)21(26)23-18-9-11-19(12-10-18)25(6-2)7-3/h9-12,14-16H,5-8,13H2,1-4H3,(H,23,26). The number of carbonyl (C=O) groups excluding carboxylic acids is 1. The van der Waals surface area contributed by atoms with Gasteiger partial charge in [-0.25, -0.2) is 0 Å². The number of carbonyl (C=O) groups is 1. The van der Waals surface area contributed by atoms with Gasteiger partial charge in [0.15, 0.2) is 0 Å². The molecule has 0 radical (unpaired) electrons. The molecule has 26 heavy (non-hydrogen) atoms. The summed E-state index contributed by atoms with van der Waals surface area (Å²) in [6, 6.07) is 9.85. The molecule has 5 nitrogen and oxygen atoms in total. The third kappa shape index (κ3) is 5.22. The second kappa shape index (κ2) is 9.80. The molecule has 0 spiro atoms. The quantitative estimate of drug-likeness (QED) is 0.724. The first kappa shape index (κ1) is 19.8. The molecular weight excluding hydrogens is 324 g/mol. The molecule has 0 saturated carbocycles. The van der Waals surface area contributed by atoms with Gasteiger partial charge in [-0.1, -0.05) is 13.3 Å². The molecule has 0 aliphatic rings. The van der Waals surface area contributed by atoms with Crippen LogP contribution >= 0.6 is 0 Å². The first-order valence-electron chi connectivity index (χ1n) is 9.41. The lowest BCUT2D eigenvalue weighted by molar-refractivity contribution is 0.102. The van der Waals surface area contributed by atoms with Crippen LogP contribution in [0.5, 0.6) is 0 Å². The van der Waals surface area contributed by atoms with Crippen LogP contribution < -0.4 is 15.1 Å². The van der Waals surface area contributed by atoms with Gasteiger partial charge in [0.1, 0.15) is 0 Å². The second-order valence-electron chi connectivity index (χ2n) is 6.38. The molecule has 0 aliphatic heterocycles. The van der Waals surface area contributed by atoms with E-state index in [2.05, 4.69) is 40.9 Å². The van der Waals surface area contributed by atoms with E-state index in [1.165, 1.54) is 0 Å². The molecule has 1 amide bonds. The molecule has 0 bridgehead atoms. The predicted octanol–water partition coefficient (Wildman–Crippen LogP) is 4.42. The van der Waals surface area contributed by atoms with Crippen molar-refractivity contribution in [2.75, 3.05) is 41.8 Å². The number of anilines is 3. The molecule has 2 rings (SSSR count). The fraction of sp³-hybridized carbons (Fsp3) is 0.429. The van der Waals surface area contributed by atoms with Crippen LogP contribution in [0.25, 0.3) is 0 Å². The molecule has 0 atom stereocenters. The van der Waals surface area contributed by atoms with Crippen molar-refractivity contribution < 1.29 is 4.79 Å². The minimum atomic E-state index is -0.140. The van der Waals surface area contributed by atoms with Gasteiger partial charge in [-0.2, -0.15) is 0 Å². The number of unbranched alkanes of at least 4 members (excludes halogenated alkanes) is 1. The van der Waals surface area contributed by atoms with Crippen molar-refractivity contribution in [1.82, 2.24) is 4.98 Å². The summed E-state index contributed by atoms with van der Waals surface area (Å²) in [6.07, 6.45) is 5.66. The first-order chi connectivity index (χ1) is 12.6. The van der Waals surface area contributed by atoms with E-state index in [1.807, 2.05) is 37.4 Å². The number of hydrogen-bond acceptors (Lipinski definition) is 4. The average Bonchev–Trinajstić information content (AvgIpc) is 2.68. The zero-order valence-corrected chi connectivity index (χ0v) is 16.3. The summed E-state index contributed by atoms with van der Waals surface area (Å²) in [7, 11) is 2.03. The fourth-order valence-electron chi connectivity index (χ4n) is 2.83. The van der Waals surface area contributed by atoms with Gasteiger partial charge in [0.25, 0.3) is 5.91 Å².